The second-order valence-corrected chi connectivity index (χ2v) is 4.94. The van der Waals surface area contributed by atoms with Crippen LogP contribution in [0.25, 0.3) is 0 Å². The predicted molar refractivity (Wildman–Crippen MR) is 75.5 cm³/mol. The number of aromatic nitrogens is 1. The highest BCUT2D eigenvalue weighted by atomic mass is 16.2. The van der Waals surface area contributed by atoms with Gasteiger partial charge in [0.2, 0.25) is 0 Å². The van der Waals surface area contributed by atoms with E-state index in [1.54, 1.807) is 0 Å². The van der Waals surface area contributed by atoms with Gasteiger partial charge in [-0.05, 0) is 38.3 Å². The van der Waals surface area contributed by atoms with Crippen LogP contribution < -0.4 is 11.1 Å². The molecule has 1 heterocycles. The van der Waals surface area contributed by atoms with E-state index in [4.69, 9.17) is 5.73 Å². The number of Topliss-reactive ketones (excluding diaryl/α,β-unsaturated/α-hetero) is 1. The van der Waals surface area contributed by atoms with Crippen molar-refractivity contribution in [3.63, 3.8) is 0 Å². The molecule has 5 heteroatoms. The van der Waals surface area contributed by atoms with E-state index < -0.39 is 0 Å². The lowest BCUT2D eigenvalue weighted by atomic mass is 10.0. The Kier molecular flexibility index (Phi) is 5.30. The average molecular weight is 265 g/mol. The number of ketones is 1. The summed E-state index contributed by atoms with van der Waals surface area (Å²) in [5, 5.41) is 2.84. The molecule has 0 aliphatic carbocycles. The standard InChI is InChI=1S/C14H23N3O2/c1-5-11-12(10(4)18)9(3)17-13(11)14(19)16-7-8(2)6-15/h8,17H,5-7,15H2,1-4H3,(H,16,19). The Morgan fingerprint density at radius 2 is 2.05 bits per heavy atom. The number of carbonyl (C=O) groups excluding carboxylic acids is 2. The molecule has 106 valence electrons. The summed E-state index contributed by atoms with van der Waals surface area (Å²) >= 11 is 0. The highest BCUT2D eigenvalue weighted by molar-refractivity contribution is 6.02. The van der Waals surface area contributed by atoms with Crippen LogP contribution >= 0.6 is 0 Å². The Bertz CT molecular complexity index is 477. The lowest BCUT2D eigenvalue weighted by Crippen LogP contribution is -2.32. The van der Waals surface area contributed by atoms with Gasteiger partial charge in [0.15, 0.2) is 5.78 Å². The van der Waals surface area contributed by atoms with Gasteiger partial charge < -0.3 is 16.0 Å². The lowest BCUT2D eigenvalue weighted by molar-refractivity contribution is 0.0943. The maximum Gasteiger partial charge on any atom is 0.268 e. The zero-order valence-electron chi connectivity index (χ0n) is 12.1. The summed E-state index contributed by atoms with van der Waals surface area (Å²) in [4.78, 5) is 26.8. The van der Waals surface area contributed by atoms with Crippen LogP contribution in [0.4, 0.5) is 0 Å². The van der Waals surface area contributed by atoms with Crippen LogP contribution in [0.15, 0.2) is 0 Å². The molecule has 1 amide bonds. The molecule has 1 aromatic rings. The highest BCUT2D eigenvalue weighted by Gasteiger charge is 2.21. The van der Waals surface area contributed by atoms with E-state index in [0.29, 0.717) is 30.8 Å². The lowest BCUT2D eigenvalue weighted by Gasteiger charge is -2.10. The first-order valence-corrected chi connectivity index (χ1v) is 6.62. The number of aryl methyl sites for hydroxylation is 1. The molecule has 5 nitrogen and oxygen atoms in total. The molecule has 0 aromatic carbocycles. The predicted octanol–water partition coefficient (Wildman–Crippen LogP) is 1.41. The molecular weight excluding hydrogens is 242 g/mol. The van der Waals surface area contributed by atoms with Gasteiger partial charge in [0.25, 0.3) is 5.91 Å². The average Bonchev–Trinajstić information content (AvgIpc) is 2.72. The molecule has 19 heavy (non-hydrogen) atoms. The number of carbonyl (C=O) groups is 2. The highest BCUT2D eigenvalue weighted by Crippen LogP contribution is 2.20. The second-order valence-electron chi connectivity index (χ2n) is 4.94. The molecule has 1 unspecified atom stereocenters. The van der Waals surface area contributed by atoms with Crippen molar-refractivity contribution >= 4 is 11.7 Å². The number of nitrogens with two attached hydrogens (primary N) is 1. The summed E-state index contributed by atoms with van der Waals surface area (Å²) in [7, 11) is 0. The molecule has 1 atom stereocenters. The largest absolute Gasteiger partial charge is 0.354 e. The Balaban J connectivity index is 2.97. The van der Waals surface area contributed by atoms with Gasteiger partial charge in [0.1, 0.15) is 5.69 Å². The molecule has 0 radical (unpaired) electrons. The van der Waals surface area contributed by atoms with E-state index in [1.807, 2.05) is 20.8 Å². The van der Waals surface area contributed by atoms with Crippen molar-refractivity contribution in [1.29, 1.82) is 0 Å². The van der Waals surface area contributed by atoms with E-state index in [9.17, 15) is 9.59 Å². The van der Waals surface area contributed by atoms with Crippen LogP contribution in [0.5, 0.6) is 0 Å². The van der Waals surface area contributed by atoms with Crippen molar-refractivity contribution in [3.8, 4) is 0 Å². The molecule has 0 bridgehead atoms. The van der Waals surface area contributed by atoms with E-state index in [-0.39, 0.29) is 17.6 Å². The monoisotopic (exact) mass is 265 g/mol. The fourth-order valence-corrected chi connectivity index (χ4v) is 2.14. The smallest absolute Gasteiger partial charge is 0.268 e. The molecule has 4 N–H and O–H groups in total. The van der Waals surface area contributed by atoms with Gasteiger partial charge in [-0.1, -0.05) is 13.8 Å². The first-order chi connectivity index (χ1) is 8.92. The van der Waals surface area contributed by atoms with E-state index >= 15 is 0 Å². The number of hydrogen-bond donors (Lipinski definition) is 3. The Labute approximate surface area is 114 Å². The van der Waals surface area contributed by atoms with Crippen molar-refractivity contribution in [3.05, 3.63) is 22.5 Å². The first-order valence-electron chi connectivity index (χ1n) is 6.62. The summed E-state index contributed by atoms with van der Waals surface area (Å²) in [6.07, 6.45) is 0.647. The Hall–Kier alpha value is -1.62. The topological polar surface area (TPSA) is 88.0 Å². The Morgan fingerprint density at radius 3 is 2.53 bits per heavy atom. The Morgan fingerprint density at radius 1 is 1.42 bits per heavy atom. The fourth-order valence-electron chi connectivity index (χ4n) is 2.14. The van der Waals surface area contributed by atoms with Crippen LogP contribution in [-0.2, 0) is 6.42 Å². The van der Waals surface area contributed by atoms with Crippen LogP contribution in [0.2, 0.25) is 0 Å². The van der Waals surface area contributed by atoms with Crippen molar-refractivity contribution in [2.24, 2.45) is 11.7 Å². The molecule has 0 saturated heterocycles. The normalized spacial score (nSPS) is 12.3. The maximum atomic E-state index is 12.1. The molecule has 0 saturated carbocycles. The SMILES string of the molecule is CCc1c(C(=O)NCC(C)CN)[nH]c(C)c1C(C)=O. The molecule has 0 spiro atoms. The van der Waals surface area contributed by atoms with Gasteiger partial charge in [-0.25, -0.2) is 0 Å². The summed E-state index contributed by atoms with van der Waals surface area (Å²) < 4.78 is 0. The maximum absolute atomic E-state index is 12.1. The van der Waals surface area contributed by atoms with E-state index in [1.165, 1.54) is 6.92 Å². The third kappa shape index (κ3) is 3.44. The number of amides is 1. The summed E-state index contributed by atoms with van der Waals surface area (Å²) in [6.45, 7) is 8.31. The third-order valence-corrected chi connectivity index (χ3v) is 3.24. The minimum Gasteiger partial charge on any atom is -0.354 e. The van der Waals surface area contributed by atoms with Gasteiger partial charge >= 0.3 is 0 Å². The van der Waals surface area contributed by atoms with Crippen LogP contribution in [-0.4, -0.2) is 29.8 Å². The molecule has 1 rings (SSSR count). The number of H-pyrrole nitrogens is 1. The van der Waals surface area contributed by atoms with E-state index in [2.05, 4.69) is 10.3 Å². The minimum absolute atomic E-state index is 0.0139. The van der Waals surface area contributed by atoms with Gasteiger partial charge in [0.05, 0.1) is 0 Å². The van der Waals surface area contributed by atoms with E-state index in [0.717, 1.165) is 11.3 Å². The number of hydrogen-bond acceptors (Lipinski definition) is 3. The molecule has 0 aliphatic heterocycles. The fraction of sp³-hybridized carbons (Fsp3) is 0.571. The van der Waals surface area contributed by atoms with Crippen molar-refractivity contribution < 1.29 is 9.59 Å². The summed E-state index contributed by atoms with van der Waals surface area (Å²) in [5.41, 5.74) is 8.20. The quantitative estimate of drug-likeness (QED) is 0.680. The minimum atomic E-state index is -0.173. The number of nitrogens with one attached hydrogen (secondary N) is 2. The number of rotatable bonds is 6. The molecule has 1 aromatic heterocycles. The van der Waals surface area contributed by atoms with Crippen LogP contribution in [0.3, 0.4) is 0 Å². The van der Waals surface area contributed by atoms with Crippen molar-refractivity contribution in [2.45, 2.75) is 34.1 Å². The summed E-state index contributed by atoms with van der Waals surface area (Å²) in [6, 6.07) is 0. The molecule has 0 aliphatic rings. The molecule has 0 fully saturated rings. The summed E-state index contributed by atoms with van der Waals surface area (Å²) in [5.74, 6) is 0.0464. The first kappa shape index (κ1) is 15.4. The molecular formula is C14H23N3O2. The zero-order valence-corrected chi connectivity index (χ0v) is 12.1. The van der Waals surface area contributed by atoms with Gasteiger partial charge in [-0.3, -0.25) is 9.59 Å². The van der Waals surface area contributed by atoms with Crippen LogP contribution in [0.1, 0.15) is 52.9 Å². The van der Waals surface area contributed by atoms with Gasteiger partial charge in [-0.2, -0.15) is 0 Å². The second kappa shape index (κ2) is 6.52. The van der Waals surface area contributed by atoms with Crippen molar-refractivity contribution in [2.75, 3.05) is 13.1 Å². The number of aromatic amines is 1. The van der Waals surface area contributed by atoms with Gasteiger partial charge in [-0.15, -0.1) is 0 Å². The third-order valence-electron chi connectivity index (χ3n) is 3.24. The zero-order chi connectivity index (χ0) is 14.6. The van der Waals surface area contributed by atoms with Crippen molar-refractivity contribution in [1.82, 2.24) is 10.3 Å². The van der Waals surface area contributed by atoms with Gasteiger partial charge in [0, 0.05) is 17.8 Å². The van der Waals surface area contributed by atoms with Crippen LogP contribution in [0, 0.1) is 12.8 Å².